The normalized spacial score (nSPS) is 11.4. The summed E-state index contributed by atoms with van der Waals surface area (Å²) in [5, 5.41) is 11.0. The van der Waals surface area contributed by atoms with Crippen LogP contribution in [0.4, 0.5) is 0 Å². The predicted octanol–water partition coefficient (Wildman–Crippen LogP) is 1.35. The molecule has 0 atom stereocenters. The fourth-order valence-electron chi connectivity index (χ4n) is 2.53. The Morgan fingerprint density at radius 3 is 2.52 bits per heavy atom. The Hall–Kier alpha value is -2.83. The van der Waals surface area contributed by atoms with E-state index in [0.29, 0.717) is 12.1 Å². The summed E-state index contributed by atoms with van der Waals surface area (Å²) in [4.78, 5) is 15.3. The first-order chi connectivity index (χ1) is 12.0. The number of nitrogens with one attached hydrogen (secondary N) is 2. The Labute approximate surface area is 148 Å². The Bertz CT molecular complexity index is 733. The van der Waals surface area contributed by atoms with Crippen LogP contribution in [0.2, 0.25) is 0 Å². The Balaban J connectivity index is 1.73. The molecule has 1 amide bonds. The van der Waals surface area contributed by atoms with Crippen molar-refractivity contribution in [2.75, 3.05) is 13.6 Å². The van der Waals surface area contributed by atoms with Crippen LogP contribution >= 0.6 is 0 Å². The fourth-order valence-corrected chi connectivity index (χ4v) is 2.53. The summed E-state index contributed by atoms with van der Waals surface area (Å²) in [7, 11) is 1.74. The van der Waals surface area contributed by atoms with Gasteiger partial charge in [0.05, 0.1) is 5.69 Å². The van der Waals surface area contributed by atoms with Gasteiger partial charge in [-0.2, -0.15) is 5.10 Å². The number of carbonyl (C=O) groups is 1. The topological polar surface area (TPSA) is 97.3 Å². The molecule has 0 spiro atoms. The lowest BCUT2D eigenvalue weighted by Gasteiger charge is -2.12. The first-order valence-electron chi connectivity index (χ1n) is 8.34. The van der Waals surface area contributed by atoms with Gasteiger partial charge in [-0.25, -0.2) is 0 Å². The number of hydrogen-bond acceptors (Lipinski definition) is 3. The van der Waals surface area contributed by atoms with Crippen LogP contribution in [0.25, 0.3) is 0 Å². The summed E-state index contributed by atoms with van der Waals surface area (Å²) < 4.78 is 2.02. The lowest BCUT2D eigenvalue weighted by Crippen LogP contribution is -2.37. The van der Waals surface area contributed by atoms with Crippen LogP contribution in [0.15, 0.2) is 35.3 Å². The van der Waals surface area contributed by atoms with Gasteiger partial charge in [-0.1, -0.05) is 12.1 Å². The average molecular weight is 342 g/mol. The van der Waals surface area contributed by atoms with Crippen LogP contribution in [-0.4, -0.2) is 35.2 Å². The first-order valence-corrected chi connectivity index (χ1v) is 8.34. The number of aryl methyl sites for hydroxylation is 3. The monoisotopic (exact) mass is 342 g/mol. The van der Waals surface area contributed by atoms with Gasteiger partial charge in [-0.05, 0) is 44.0 Å². The molecule has 25 heavy (non-hydrogen) atoms. The van der Waals surface area contributed by atoms with E-state index in [9.17, 15) is 4.79 Å². The molecule has 1 aromatic heterocycles. The molecule has 0 radical (unpaired) electrons. The highest BCUT2D eigenvalue weighted by Gasteiger charge is 2.03. The molecule has 0 saturated heterocycles. The summed E-state index contributed by atoms with van der Waals surface area (Å²) in [6.45, 7) is 6.37. The van der Waals surface area contributed by atoms with E-state index < -0.39 is 5.91 Å². The Morgan fingerprint density at radius 1 is 1.24 bits per heavy atom. The van der Waals surface area contributed by atoms with Gasteiger partial charge in [-0.3, -0.25) is 14.5 Å². The van der Waals surface area contributed by atoms with Crippen molar-refractivity contribution in [2.24, 2.45) is 10.7 Å². The molecule has 0 aliphatic rings. The summed E-state index contributed by atoms with van der Waals surface area (Å²) in [6.07, 6.45) is 0.954. The minimum atomic E-state index is -0.417. The van der Waals surface area contributed by atoms with Gasteiger partial charge in [0, 0.05) is 37.9 Å². The number of amides is 1. The van der Waals surface area contributed by atoms with Crippen molar-refractivity contribution in [1.82, 2.24) is 20.4 Å². The van der Waals surface area contributed by atoms with Crippen molar-refractivity contribution in [2.45, 2.75) is 33.4 Å². The van der Waals surface area contributed by atoms with E-state index in [4.69, 9.17) is 5.73 Å². The van der Waals surface area contributed by atoms with Gasteiger partial charge in [0.2, 0.25) is 5.91 Å². The van der Waals surface area contributed by atoms with Crippen molar-refractivity contribution < 1.29 is 4.79 Å². The van der Waals surface area contributed by atoms with E-state index in [0.717, 1.165) is 36.7 Å². The lowest BCUT2D eigenvalue weighted by atomic mass is 10.1. The highest BCUT2D eigenvalue weighted by atomic mass is 16.1. The number of primary amides is 1. The minimum Gasteiger partial charge on any atom is -0.366 e. The summed E-state index contributed by atoms with van der Waals surface area (Å²) >= 11 is 0. The van der Waals surface area contributed by atoms with Crippen LogP contribution in [0.1, 0.15) is 33.7 Å². The number of rotatable bonds is 7. The summed E-state index contributed by atoms with van der Waals surface area (Å²) in [6, 6.07) is 9.29. The number of benzene rings is 1. The Morgan fingerprint density at radius 2 is 1.96 bits per heavy atom. The molecule has 134 valence electrons. The van der Waals surface area contributed by atoms with E-state index in [2.05, 4.69) is 33.7 Å². The third-order valence-corrected chi connectivity index (χ3v) is 3.86. The summed E-state index contributed by atoms with van der Waals surface area (Å²) in [5.41, 5.74) is 9.03. The molecule has 4 N–H and O–H groups in total. The van der Waals surface area contributed by atoms with Crippen LogP contribution in [0, 0.1) is 13.8 Å². The number of nitrogens with zero attached hydrogens (tertiary/aromatic N) is 3. The molecule has 0 aliphatic heterocycles. The third-order valence-electron chi connectivity index (χ3n) is 3.86. The molecular weight excluding hydrogens is 316 g/mol. The quantitative estimate of drug-likeness (QED) is 0.402. The van der Waals surface area contributed by atoms with Gasteiger partial charge in [0.15, 0.2) is 5.96 Å². The Kier molecular flexibility index (Phi) is 6.56. The molecule has 2 aromatic rings. The maximum absolute atomic E-state index is 11.1. The molecule has 0 saturated carbocycles. The van der Waals surface area contributed by atoms with Crippen molar-refractivity contribution in [1.29, 1.82) is 0 Å². The van der Waals surface area contributed by atoms with Gasteiger partial charge in [-0.15, -0.1) is 0 Å². The number of hydrogen-bond donors (Lipinski definition) is 3. The van der Waals surface area contributed by atoms with Crippen molar-refractivity contribution in [3.63, 3.8) is 0 Å². The maximum atomic E-state index is 11.1. The van der Waals surface area contributed by atoms with Crippen LogP contribution in [-0.2, 0) is 13.1 Å². The standard InChI is InChI=1S/C18H26N6O/c1-13-11-14(2)24(23-13)10-4-9-21-18(20-3)22-12-15-5-7-16(8-6-15)17(19)25/h5-8,11H,4,9-10,12H2,1-3H3,(H2,19,25)(H2,20,21,22). The number of aromatic nitrogens is 2. The fraction of sp³-hybridized carbons (Fsp3) is 0.389. The summed E-state index contributed by atoms with van der Waals surface area (Å²) in [5.74, 6) is 0.326. The molecule has 1 heterocycles. The van der Waals surface area contributed by atoms with Gasteiger partial charge >= 0.3 is 0 Å². The maximum Gasteiger partial charge on any atom is 0.248 e. The molecule has 1 aromatic carbocycles. The second kappa shape index (κ2) is 8.86. The smallest absolute Gasteiger partial charge is 0.248 e. The SMILES string of the molecule is CN=C(NCCCn1nc(C)cc1C)NCc1ccc(C(N)=O)cc1. The second-order valence-corrected chi connectivity index (χ2v) is 5.92. The van der Waals surface area contributed by atoms with E-state index in [1.807, 2.05) is 23.7 Å². The van der Waals surface area contributed by atoms with Gasteiger partial charge in [0.25, 0.3) is 0 Å². The highest BCUT2D eigenvalue weighted by Crippen LogP contribution is 2.04. The highest BCUT2D eigenvalue weighted by molar-refractivity contribution is 5.92. The molecule has 7 heteroatoms. The molecule has 0 aliphatic carbocycles. The molecule has 0 bridgehead atoms. The van der Waals surface area contributed by atoms with Crippen LogP contribution < -0.4 is 16.4 Å². The molecule has 2 rings (SSSR count). The van der Waals surface area contributed by atoms with Crippen molar-refractivity contribution in [3.8, 4) is 0 Å². The third kappa shape index (κ3) is 5.63. The van der Waals surface area contributed by atoms with E-state index in [1.54, 1.807) is 19.2 Å². The van der Waals surface area contributed by atoms with Gasteiger partial charge < -0.3 is 16.4 Å². The van der Waals surface area contributed by atoms with Crippen LogP contribution in [0.3, 0.4) is 0 Å². The number of guanidine groups is 1. The van der Waals surface area contributed by atoms with E-state index in [-0.39, 0.29) is 0 Å². The van der Waals surface area contributed by atoms with E-state index in [1.165, 1.54) is 5.69 Å². The number of carbonyl (C=O) groups excluding carboxylic acids is 1. The van der Waals surface area contributed by atoms with Gasteiger partial charge in [0.1, 0.15) is 0 Å². The van der Waals surface area contributed by atoms with Crippen molar-refractivity contribution >= 4 is 11.9 Å². The lowest BCUT2D eigenvalue weighted by molar-refractivity contribution is 0.100. The molecular formula is C18H26N6O. The zero-order valence-electron chi connectivity index (χ0n) is 15.0. The number of nitrogens with two attached hydrogens (primary N) is 1. The number of aliphatic imine (C=N–C) groups is 1. The first kappa shape index (κ1) is 18.5. The van der Waals surface area contributed by atoms with Crippen molar-refractivity contribution in [3.05, 3.63) is 52.8 Å². The largest absolute Gasteiger partial charge is 0.366 e. The van der Waals surface area contributed by atoms with Crippen LogP contribution in [0.5, 0.6) is 0 Å². The predicted molar refractivity (Wildman–Crippen MR) is 99.5 cm³/mol. The average Bonchev–Trinajstić information content (AvgIpc) is 2.92. The molecule has 0 fully saturated rings. The molecule has 7 nitrogen and oxygen atoms in total. The van der Waals surface area contributed by atoms with E-state index >= 15 is 0 Å². The zero-order valence-corrected chi connectivity index (χ0v) is 15.0. The minimum absolute atomic E-state index is 0.417. The zero-order chi connectivity index (χ0) is 18.2. The second-order valence-electron chi connectivity index (χ2n) is 5.92. The molecule has 0 unspecified atom stereocenters.